The van der Waals surface area contributed by atoms with E-state index in [0.717, 1.165) is 12.1 Å². The minimum atomic E-state index is -1.10. The van der Waals surface area contributed by atoms with E-state index in [1.54, 1.807) is 0 Å². The zero-order valence-electron chi connectivity index (χ0n) is 9.55. The highest BCUT2D eigenvalue weighted by Crippen LogP contribution is 2.13. The highest BCUT2D eigenvalue weighted by atomic mass is 32.2. The summed E-state index contributed by atoms with van der Waals surface area (Å²) in [4.78, 5) is 0. The van der Waals surface area contributed by atoms with Gasteiger partial charge in [-0.25, -0.2) is 4.21 Å². The van der Waals surface area contributed by atoms with Gasteiger partial charge in [-0.3, -0.25) is 0 Å². The first-order valence-electron chi connectivity index (χ1n) is 4.69. The van der Waals surface area contributed by atoms with Gasteiger partial charge in [-0.1, -0.05) is 13.8 Å². The van der Waals surface area contributed by atoms with Gasteiger partial charge in [0.15, 0.2) is 0 Å². The van der Waals surface area contributed by atoms with Crippen molar-refractivity contribution in [3.63, 3.8) is 0 Å². The van der Waals surface area contributed by atoms with Crippen LogP contribution < -0.4 is 0 Å². The molecular formula is C10H21NOS. The van der Waals surface area contributed by atoms with E-state index in [0.29, 0.717) is 5.92 Å². The minimum absolute atomic E-state index is 0.238. The lowest BCUT2D eigenvalue weighted by Gasteiger charge is -2.14. The second-order valence-corrected chi connectivity index (χ2v) is 6.69. The van der Waals surface area contributed by atoms with Gasteiger partial charge in [-0.2, -0.15) is 4.40 Å². The van der Waals surface area contributed by atoms with Crippen LogP contribution in [-0.4, -0.2) is 14.7 Å². The topological polar surface area (TPSA) is 29.4 Å². The summed E-state index contributed by atoms with van der Waals surface area (Å²) in [5.74, 6) is 0.584. The molecule has 0 saturated heterocycles. The average Bonchev–Trinajstić information content (AvgIpc) is 1.82. The highest BCUT2D eigenvalue weighted by molar-refractivity contribution is 7.85. The van der Waals surface area contributed by atoms with Gasteiger partial charge in [0.1, 0.15) is 11.0 Å². The number of hydrogen-bond acceptors (Lipinski definition) is 1. The lowest BCUT2D eigenvalue weighted by Crippen LogP contribution is -2.20. The summed E-state index contributed by atoms with van der Waals surface area (Å²) >= 11 is 0. The third-order valence-electron chi connectivity index (χ3n) is 1.47. The third-order valence-corrected chi connectivity index (χ3v) is 2.99. The smallest absolute Gasteiger partial charge is 0.144 e. The van der Waals surface area contributed by atoms with Crippen molar-refractivity contribution in [1.29, 1.82) is 0 Å². The summed E-state index contributed by atoms with van der Waals surface area (Å²) in [5, 5.41) is 0. The highest BCUT2D eigenvalue weighted by Gasteiger charge is 2.18. The zero-order valence-corrected chi connectivity index (χ0v) is 10.4. The van der Waals surface area contributed by atoms with E-state index >= 15 is 0 Å². The molecule has 0 aromatic heterocycles. The van der Waals surface area contributed by atoms with Crippen LogP contribution in [0.15, 0.2) is 4.40 Å². The first kappa shape index (κ1) is 12.8. The summed E-state index contributed by atoms with van der Waals surface area (Å²) in [6.45, 7) is 12.0. The van der Waals surface area contributed by atoms with Gasteiger partial charge in [0.05, 0.1) is 4.75 Å². The van der Waals surface area contributed by atoms with Crippen molar-refractivity contribution in [2.75, 3.05) is 0 Å². The molecule has 0 amide bonds. The summed E-state index contributed by atoms with van der Waals surface area (Å²) in [6, 6.07) is 0. The second kappa shape index (κ2) is 4.89. The maximum atomic E-state index is 11.6. The standard InChI is InChI=1S/C10H21NOS/c1-8(2)7-9(3)11-13(12)10(4,5)6/h8H,7H2,1-6H3/b11-9-/t13-/m0/s1. The SMILES string of the molecule is C/C(CC(C)C)=N/[S@@](=O)C(C)(C)C. The maximum Gasteiger partial charge on any atom is 0.144 e. The van der Waals surface area contributed by atoms with E-state index in [2.05, 4.69) is 18.2 Å². The molecule has 0 bridgehead atoms. The van der Waals surface area contributed by atoms with E-state index < -0.39 is 11.0 Å². The summed E-state index contributed by atoms with van der Waals surface area (Å²) in [6.07, 6.45) is 0.932. The Bertz CT molecular complexity index is 213. The first-order chi connectivity index (χ1) is 5.73. The van der Waals surface area contributed by atoms with Gasteiger partial charge < -0.3 is 0 Å². The van der Waals surface area contributed by atoms with Crippen LogP contribution in [0.1, 0.15) is 48.0 Å². The molecule has 2 nitrogen and oxygen atoms in total. The number of nitrogens with zero attached hydrogens (tertiary/aromatic N) is 1. The molecule has 13 heavy (non-hydrogen) atoms. The van der Waals surface area contributed by atoms with Crippen LogP contribution in [0.3, 0.4) is 0 Å². The molecule has 0 radical (unpaired) electrons. The monoisotopic (exact) mass is 203 g/mol. The number of hydrogen-bond donors (Lipinski definition) is 0. The van der Waals surface area contributed by atoms with Gasteiger partial charge in [0, 0.05) is 5.71 Å². The van der Waals surface area contributed by atoms with Gasteiger partial charge in [0.2, 0.25) is 0 Å². The lowest BCUT2D eigenvalue weighted by atomic mass is 10.1. The average molecular weight is 203 g/mol. The Morgan fingerprint density at radius 2 is 1.85 bits per heavy atom. The number of rotatable bonds is 3. The largest absolute Gasteiger partial charge is 0.234 e. The fourth-order valence-corrected chi connectivity index (χ4v) is 1.54. The Morgan fingerprint density at radius 3 is 2.15 bits per heavy atom. The van der Waals surface area contributed by atoms with E-state index in [1.165, 1.54) is 0 Å². The fourth-order valence-electron chi connectivity index (χ4n) is 0.907. The first-order valence-corrected chi connectivity index (χ1v) is 5.80. The summed E-state index contributed by atoms with van der Waals surface area (Å²) < 4.78 is 15.5. The molecule has 0 unspecified atom stereocenters. The third kappa shape index (κ3) is 5.97. The van der Waals surface area contributed by atoms with Gasteiger partial charge >= 0.3 is 0 Å². The van der Waals surface area contributed by atoms with E-state index in [-0.39, 0.29) is 4.75 Å². The molecule has 0 spiro atoms. The Labute approximate surface area is 84.4 Å². The fraction of sp³-hybridized carbons (Fsp3) is 0.900. The molecule has 0 aliphatic heterocycles. The van der Waals surface area contributed by atoms with E-state index in [9.17, 15) is 4.21 Å². The van der Waals surface area contributed by atoms with Crippen LogP contribution in [-0.2, 0) is 11.0 Å². The van der Waals surface area contributed by atoms with Crippen molar-refractivity contribution in [1.82, 2.24) is 0 Å². The molecule has 0 fully saturated rings. The lowest BCUT2D eigenvalue weighted by molar-refractivity contribution is 0.649. The molecule has 0 heterocycles. The predicted octanol–water partition coefficient (Wildman–Crippen LogP) is 2.96. The van der Waals surface area contributed by atoms with Crippen LogP contribution in [0, 0.1) is 5.92 Å². The Balaban J connectivity index is 4.32. The minimum Gasteiger partial charge on any atom is -0.234 e. The molecule has 3 heteroatoms. The molecule has 1 atom stereocenters. The molecule has 0 aromatic rings. The van der Waals surface area contributed by atoms with Crippen molar-refractivity contribution in [3.8, 4) is 0 Å². The van der Waals surface area contributed by atoms with Crippen LogP contribution in [0.5, 0.6) is 0 Å². The van der Waals surface area contributed by atoms with Crippen molar-refractivity contribution in [3.05, 3.63) is 0 Å². The Kier molecular flexibility index (Phi) is 4.82. The van der Waals surface area contributed by atoms with E-state index in [1.807, 2.05) is 27.7 Å². The van der Waals surface area contributed by atoms with Crippen LogP contribution in [0.2, 0.25) is 0 Å². The molecule has 0 N–H and O–H groups in total. The van der Waals surface area contributed by atoms with Crippen molar-refractivity contribution >= 4 is 16.7 Å². The molecule has 78 valence electrons. The van der Waals surface area contributed by atoms with Crippen LogP contribution >= 0.6 is 0 Å². The van der Waals surface area contributed by atoms with Gasteiger partial charge in [-0.15, -0.1) is 0 Å². The predicted molar refractivity (Wildman–Crippen MR) is 60.5 cm³/mol. The molecule has 0 saturated carbocycles. The van der Waals surface area contributed by atoms with Gasteiger partial charge in [-0.05, 0) is 40.0 Å². The molecule has 0 aliphatic rings. The molecule has 0 rings (SSSR count). The molecular weight excluding hydrogens is 182 g/mol. The molecule has 0 aromatic carbocycles. The van der Waals surface area contributed by atoms with Crippen LogP contribution in [0.4, 0.5) is 0 Å². The maximum absolute atomic E-state index is 11.6. The van der Waals surface area contributed by atoms with Crippen molar-refractivity contribution in [2.24, 2.45) is 10.3 Å². The normalized spacial score (nSPS) is 16.4. The van der Waals surface area contributed by atoms with Crippen LogP contribution in [0.25, 0.3) is 0 Å². The Hall–Kier alpha value is -0.180. The second-order valence-electron chi connectivity index (χ2n) is 4.79. The van der Waals surface area contributed by atoms with Crippen molar-refractivity contribution < 1.29 is 4.21 Å². The van der Waals surface area contributed by atoms with Gasteiger partial charge in [0.25, 0.3) is 0 Å². The molecule has 0 aliphatic carbocycles. The summed E-state index contributed by atoms with van der Waals surface area (Å²) in [7, 11) is -1.10. The summed E-state index contributed by atoms with van der Waals surface area (Å²) in [5.41, 5.74) is 0.989. The van der Waals surface area contributed by atoms with Crippen molar-refractivity contribution in [2.45, 2.75) is 52.7 Å². The zero-order chi connectivity index (χ0) is 10.6. The quantitative estimate of drug-likeness (QED) is 0.648. The Morgan fingerprint density at radius 1 is 1.38 bits per heavy atom. The van der Waals surface area contributed by atoms with E-state index in [4.69, 9.17) is 0 Å².